The molecule has 0 aliphatic carbocycles. The standard InChI is InChI=1S/C10H17F3/c1-3-5-6-7-8-9(4-2)10(11,12)13/h3,5,9H,4,6-8H2,1-2H3/b5-3+. The van der Waals surface area contributed by atoms with Crippen LogP contribution in [0.5, 0.6) is 0 Å². The molecule has 1 unspecified atom stereocenters. The summed E-state index contributed by atoms with van der Waals surface area (Å²) < 4.78 is 36.6. The molecule has 0 rings (SSSR count). The molecule has 0 amide bonds. The van der Waals surface area contributed by atoms with E-state index in [1.165, 1.54) is 0 Å². The first-order chi connectivity index (χ1) is 6.02. The summed E-state index contributed by atoms with van der Waals surface area (Å²) in [7, 11) is 0. The number of halogens is 3. The summed E-state index contributed by atoms with van der Waals surface area (Å²) in [6.07, 6.45) is 1.59. The third-order valence-electron chi connectivity index (χ3n) is 2.11. The second-order valence-electron chi connectivity index (χ2n) is 3.15. The highest BCUT2D eigenvalue weighted by Crippen LogP contribution is 2.32. The van der Waals surface area contributed by atoms with E-state index in [1.807, 2.05) is 19.1 Å². The highest BCUT2D eigenvalue weighted by atomic mass is 19.4. The minimum atomic E-state index is -4.01. The van der Waals surface area contributed by atoms with E-state index >= 15 is 0 Å². The first-order valence-corrected chi connectivity index (χ1v) is 4.70. The van der Waals surface area contributed by atoms with Gasteiger partial charge in [-0.3, -0.25) is 0 Å². The van der Waals surface area contributed by atoms with Crippen molar-refractivity contribution in [3.63, 3.8) is 0 Å². The van der Waals surface area contributed by atoms with Gasteiger partial charge < -0.3 is 0 Å². The lowest BCUT2D eigenvalue weighted by Gasteiger charge is -2.17. The molecular formula is C10H17F3. The van der Waals surface area contributed by atoms with Gasteiger partial charge in [-0.1, -0.05) is 19.1 Å². The Bertz CT molecular complexity index is 147. The molecule has 0 N–H and O–H groups in total. The van der Waals surface area contributed by atoms with Crippen LogP contribution in [0.2, 0.25) is 0 Å². The van der Waals surface area contributed by atoms with Crippen LogP contribution in [0.3, 0.4) is 0 Å². The van der Waals surface area contributed by atoms with Crippen molar-refractivity contribution in [2.24, 2.45) is 5.92 Å². The summed E-state index contributed by atoms with van der Waals surface area (Å²) in [5.74, 6) is -1.11. The van der Waals surface area contributed by atoms with E-state index in [0.717, 1.165) is 6.42 Å². The fraction of sp³-hybridized carbons (Fsp3) is 0.800. The first kappa shape index (κ1) is 12.5. The fourth-order valence-electron chi connectivity index (χ4n) is 1.25. The summed E-state index contributed by atoms with van der Waals surface area (Å²) >= 11 is 0. The maximum Gasteiger partial charge on any atom is 0.391 e. The van der Waals surface area contributed by atoms with E-state index in [2.05, 4.69) is 0 Å². The molecule has 0 bridgehead atoms. The zero-order valence-electron chi connectivity index (χ0n) is 8.19. The Hall–Kier alpha value is -0.470. The molecule has 1 atom stereocenters. The van der Waals surface area contributed by atoms with Crippen LogP contribution in [0.1, 0.15) is 39.5 Å². The second-order valence-corrected chi connectivity index (χ2v) is 3.15. The van der Waals surface area contributed by atoms with Crippen LogP contribution >= 0.6 is 0 Å². The Morgan fingerprint density at radius 2 is 1.92 bits per heavy atom. The van der Waals surface area contributed by atoms with Crippen molar-refractivity contribution in [3.8, 4) is 0 Å². The zero-order chi connectivity index (χ0) is 10.3. The third kappa shape index (κ3) is 5.72. The molecule has 13 heavy (non-hydrogen) atoms. The van der Waals surface area contributed by atoms with E-state index in [4.69, 9.17) is 0 Å². The molecule has 0 saturated heterocycles. The van der Waals surface area contributed by atoms with E-state index in [1.54, 1.807) is 6.92 Å². The average Bonchev–Trinajstić information content (AvgIpc) is 2.02. The molecule has 0 saturated carbocycles. The van der Waals surface area contributed by atoms with Gasteiger partial charge in [0.2, 0.25) is 0 Å². The summed E-state index contributed by atoms with van der Waals surface area (Å²) in [5, 5.41) is 0. The van der Waals surface area contributed by atoms with Crippen LogP contribution in [0.4, 0.5) is 13.2 Å². The third-order valence-corrected chi connectivity index (χ3v) is 2.11. The Labute approximate surface area is 77.8 Å². The molecule has 0 spiro atoms. The SMILES string of the molecule is C/C=C/CCCC(CC)C(F)(F)F. The Kier molecular flexibility index (Phi) is 5.84. The zero-order valence-corrected chi connectivity index (χ0v) is 8.19. The van der Waals surface area contributed by atoms with Gasteiger partial charge in [-0.15, -0.1) is 0 Å². The van der Waals surface area contributed by atoms with Crippen LogP contribution < -0.4 is 0 Å². The maximum absolute atomic E-state index is 12.2. The lowest BCUT2D eigenvalue weighted by molar-refractivity contribution is -0.177. The fourth-order valence-corrected chi connectivity index (χ4v) is 1.25. The number of hydrogen-bond donors (Lipinski definition) is 0. The van der Waals surface area contributed by atoms with Gasteiger partial charge in [0.15, 0.2) is 0 Å². The number of unbranched alkanes of at least 4 members (excludes halogenated alkanes) is 1. The molecule has 0 heterocycles. The van der Waals surface area contributed by atoms with Gasteiger partial charge in [-0.25, -0.2) is 0 Å². The normalized spacial score (nSPS) is 15.2. The van der Waals surface area contributed by atoms with E-state index in [0.29, 0.717) is 6.42 Å². The molecule has 0 aromatic rings. The van der Waals surface area contributed by atoms with Crippen molar-refractivity contribution >= 4 is 0 Å². The molecule has 0 aliphatic heterocycles. The molecular weight excluding hydrogens is 177 g/mol. The van der Waals surface area contributed by atoms with Crippen LogP contribution in [0.15, 0.2) is 12.2 Å². The molecule has 0 aliphatic rings. The Morgan fingerprint density at radius 3 is 2.31 bits per heavy atom. The van der Waals surface area contributed by atoms with Gasteiger partial charge in [-0.05, 0) is 32.6 Å². The molecule has 3 heteroatoms. The number of hydrogen-bond acceptors (Lipinski definition) is 0. The summed E-state index contributed by atoms with van der Waals surface area (Å²) in [5.41, 5.74) is 0. The molecule has 78 valence electrons. The van der Waals surface area contributed by atoms with E-state index in [9.17, 15) is 13.2 Å². The van der Waals surface area contributed by atoms with Crippen molar-refractivity contribution in [2.45, 2.75) is 45.7 Å². The second kappa shape index (κ2) is 6.06. The number of alkyl halides is 3. The van der Waals surface area contributed by atoms with Crippen molar-refractivity contribution in [2.75, 3.05) is 0 Å². The molecule has 0 fully saturated rings. The van der Waals surface area contributed by atoms with Crippen molar-refractivity contribution in [3.05, 3.63) is 12.2 Å². The molecule has 0 aromatic carbocycles. The van der Waals surface area contributed by atoms with Gasteiger partial charge in [-0.2, -0.15) is 13.2 Å². The summed E-state index contributed by atoms with van der Waals surface area (Å²) in [4.78, 5) is 0. The van der Waals surface area contributed by atoms with Crippen LogP contribution in [-0.2, 0) is 0 Å². The van der Waals surface area contributed by atoms with Crippen LogP contribution in [0, 0.1) is 5.92 Å². The highest BCUT2D eigenvalue weighted by Gasteiger charge is 2.37. The summed E-state index contributed by atoms with van der Waals surface area (Å²) in [6, 6.07) is 0. The van der Waals surface area contributed by atoms with Crippen molar-refractivity contribution < 1.29 is 13.2 Å². The lowest BCUT2D eigenvalue weighted by Crippen LogP contribution is -2.21. The quantitative estimate of drug-likeness (QED) is 0.451. The van der Waals surface area contributed by atoms with Gasteiger partial charge in [0, 0.05) is 0 Å². The lowest BCUT2D eigenvalue weighted by atomic mass is 9.99. The monoisotopic (exact) mass is 194 g/mol. The van der Waals surface area contributed by atoms with Crippen molar-refractivity contribution in [1.29, 1.82) is 0 Å². The topological polar surface area (TPSA) is 0 Å². The summed E-state index contributed by atoms with van der Waals surface area (Å²) in [6.45, 7) is 3.47. The highest BCUT2D eigenvalue weighted by molar-refractivity contribution is 4.77. The predicted molar refractivity (Wildman–Crippen MR) is 48.5 cm³/mol. The van der Waals surface area contributed by atoms with E-state index < -0.39 is 12.1 Å². The van der Waals surface area contributed by atoms with Crippen molar-refractivity contribution in [1.82, 2.24) is 0 Å². The van der Waals surface area contributed by atoms with Gasteiger partial charge in [0.1, 0.15) is 0 Å². The molecule has 0 aromatic heterocycles. The van der Waals surface area contributed by atoms with Crippen LogP contribution in [0.25, 0.3) is 0 Å². The maximum atomic E-state index is 12.2. The molecule has 0 nitrogen and oxygen atoms in total. The minimum absolute atomic E-state index is 0.194. The average molecular weight is 194 g/mol. The minimum Gasteiger partial charge on any atom is -0.171 e. The predicted octanol–water partition coefficient (Wildman–Crippen LogP) is 4.32. The van der Waals surface area contributed by atoms with E-state index in [-0.39, 0.29) is 12.8 Å². The molecule has 0 radical (unpaired) electrons. The van der Waals surface area contributed by atoms with Crippen LogP contribution in [-0.4, -0.2) is 6.18 Å². The number of allylic oxidation sites excluding steroid dienone is 2. The smallest absolute Gasteiger partial charge is 0.171 e. The van der Waals surface area contributed by atoms with Gasteiger partial charge in [0.25, 0.3) is 0 Å². The van der Waals surface area contributed by atoms with Gasteiger partial charge >= 0.3 is 6.18 Å². The number of rotatable bonds is 5. The Balaban J connectivity index is 3.73. The largest absolute Gasteiger partial charge is 0.391 e. The Morgan fingerprint density at radius 1 is 1.31 bits per heavy atom. The first-order valence-electron chi connectivity index (χ1n) is 4.70. The van der Waals surface area contributed by atoms with Gasteiger partial charge in [0.05, 0.1) is 5.92 Å².